The van der Waals surface area contributed by atoms with Crippen molar-refractivity contribution >= 4 is 15.5 Å². The molecule has 2 rings (SSSR count). The van der Waals surface area contributed by atoms with Gasteiger partial charge in [0.2, 0.25) is 0 Å². The monoisotopic (exact) mass is 281 g/mol. The summed E-state index contributed by atoms with van der Waals surface area (Å²) in [6, 6.07) is 7.13. The molecule has 1 saturated carbocycles. The Morgan fingerprint density at radius 2 is 1.89 bits per heavy atom. The van der Waals surface area contributed by atoms with E-state index in [2.05, 4.69) is 12.2 Å². The molecule has 1 aliphatic rings. The predicted molar refractivity (Wildman–Crippen MR) is 79.2 cm³/mol. The molecule has 1 N–H and O–H groups in total. The third-order valence-electron chi connectivity index (χ3n) is 3.74. The number of anilines is 1. The average Bonchev–Trinajstić information content (AvgIpc) is 3.20. The Labute approximate surface area is 116 Å². The largest absolute Gasteiger partial charge is 0.385 e. The molecule has 1 aliphatic carbocycles. The van der Waals surface area contributed by atoms with E-state index in [4.69, 9.17) is 0 Å². The van der Waals surface area contributed by atoms with Gasteiger partial charge in [-0.25, -0.2) is 8.42 Å². The van der Waals surface area contributed by atoms with E-state index in [0.29, 0.717) is 17.2 Å². The first kappa shape index (κ1) is 14.4. The second kappa shape index (κ2) is 5.95. The van der Waals surface area contributed by atoms with Crippen LogP contribution in [-0.2, 0) is 9.84 Å². The molecular weight excluding hydrogens is 258 g/mol. The van der Waals surface area contributed by atoms with Gasteiger partial charge in [-0.2, -0.15) is 0 Å². The molecule has 0 aliphatic heterocycles. The zero-order valence-corrected chi connectivity index (χ0v) is 12.5. The number of hydrogen-bond donors (Lipinski definition) is 1. The number of nitrogens with one attached hydrogen (secondary N) is 1. The van der Waals surface area contributed by atoms with Gasteiger partial charge in [0.1, 0.15) is 0 Å². The second-order valence-corrected chi connectivity index (χ2v) is 7.65. The molecule has 0 spiro atoms. The van der Waals surface area contributed by atoms with Gasteiger partial charge >= 0.3 is 0 Å². The van der Waals surface area contributed by atoms with E-state index in [-0.39, 0.29) is 5.75 Å². The van der Waals surface area contributed by atoms with Crippen LogP contribution in [0.2, 0.25) is 0 Å². The van der Waals surface area contributed by atoms with Crippen molar-refractivity contribution < 1.29 is 8.42 Å². The summed E-state index contributed by atoms with van der Waals surface area (Å²) in [6.07, 6.45) is 3.37. The standard InChI is InChI=1S/C15H23NO2S/c1-3-10-19(17,18)15-8-6-14(7-9-15)16-11-12(2)13-4-5-13/h6-9,12-13,16H,3-5,10-11H2,1-2H3. The Bertz CT molecular complexity index is 503. The van der Waals surface area contributed by atoms with Crippen molar-refractivity contribution in [1.82, 2.24) is 0 Å². The van der Waals surface area contributed by atoms with Crippen molar-refractivity contribution in [3.8, 4) is 0 Å². The van der Waals surface area contributed by atoms with Crippen LogP contribution in [0.4, 0.5) is 5.69 Å². The van der Waals surface area contributed by atoms with Crippen LogP contribution in [0.5, 0.6) is 0 Å². The van der Waals surface area contributed by atoms with Crippen LogP contribution >= 0.6 is 0 Å². The fraction of sp³-hybridized carbons (Fsp3) is 0.600. The Balaban J connectivity index is 1.94. The molecule has 0 radical (unpaired) electrons. The van der Waals surface area contributed by atoms with E-state index in [1.165, 1.54) is 12.8 Å². The SMILES string of the molecule is CCCS(=O)(=O)c1ccc(NCC(C)C2CC2)cc1. The molecule has 3 nitrogen and oxygen atoms in total. The molecule has 0 heterocycles. The quantitative estimate of drug-likeness (QED) is 0.834. The van der Waals surface area contributed by atoms with Crippen molar-refractivity contribution in [2.24, 2.45) is 11.8 Å². The van der Waals surface area contributed by atoms with Gasteiger partial charge < -0.3 is 5.32 Å². The smallest absolute Gasteiger partial charge is 0.178 e. The highest BCUT2D eigenvalue weighted by Gasteiger charge is 2.27. The van der Waals surface area contributed by atoms with Gasteiger partial charge in [0, 0.05) is 12.2 Å². The fourth-order valence-electron chi connectivity index (χ4n) is 2.28. The minimum absolute atomic E-state index is 0.221. The number of hydrogen-bond acceptors (Lipinski definition) is 3. The van der Waals surface area contributed by atoms with Gasteiger partial charge in [0.05, 0.1) is 10.6 Å². The van der Waals surface area contributed by atoms with Gasteiger partial charge in [-0.1, -0.05) is 13.8 Å². The summed E-state index contributed by atoms with van der Waals surface area (Å²) in [6.45, 7) is 5.11. The van der Waals surface area contributed by atoms with Gasteiger partial charge in [0.25, 0.3) is 0 Å². The first-order valence-corrected chi connectivity index (χ1v) is 8.75. The lowest BCUT2D eigenvalue weighted by Gasteiger charge is -2.13. The predicted octanol–water partition coefficient (Wildman–Crippen LogP) is 3.33. The second-order valence-electron chi connectivity index (χ2n) is 5.54. The Morgan fingerprint density at radius 1 is 1.26 bits per heavy atom. The maximum atomic E-state index is 11.9. The normalized spacial score (nSPS) is 17.2. The maximum absolute atomic E-state index is 11.9. The summed E-state index contributed by atoms with van der Waals surface area (Å²) in [4.78, 5) is 0.426. The van der Waals surface area contributed by atoms with E-state index < -0.39 is 9.84 Å². The summed E-state index contributed by atoms with van der Waals surface area (Å²) in [7, 11) is -3.09. The molecule has 1 aromatic carbocycles. The maximum Gasteiger partial charge on any atom is 0.178 e. The van der Waals surface area contributed by atoms with E-state index >= 15 is 0 Å². The van der Waals surface area contributed by atoms with Crippen molar-refractivity contribution in [2.45, 2.75) is 38.0 Å². The molecule has 0 aromatic heterocycles. The summed E-state index contributed by atoms with van der Waals surface area (Å²) < 4.78 is 23.8. The average molecular weight is 281 g/mol. The van der Waals surface area contributed by atoms with E-state index in [9.17, 15) is 8.42 Å². The third-order valence-corrected chi connectivity index (χ3v) is 5.68. The molecule has 19 heavy (non-hydrogen) atoms. The Hall–Kier alpha value is -1.03. The lowest BCUT2D eigenvalue weighted by molar-refractivity contribution is 0.536. The summed E-state index contributed by atoms with van der Waals surface area (Å²) in [5.74, 6) is 1.80. The molecule has 4 heteroatoms. The minimum Gasteiger partial charge on any atom is -0.385 e. The topological polar surface area (TPSA) is 46.2 Å². The van der Waals surface area contributed by atoms with Gasteiger partial charge in [-0.3, -0.25) is 0 Å². The zero-order valence-electron chi connectivity index (χ0n) is 11.7. The first-order chi connectivity index (χ1) is 9.03. The highest BCUT2D eigenvalue weighted by molar-refractivity contribution is 7.91. The van der Waals surface area contributed by atoms with E-state index in [0.717, 1.165) is 18.2 Å². The summed E-state index contributed by atoms with van der Waals surface area (Å²) in [5, 5.41) is 3.38. The van der Waals surface area contributed by atoms with Crippen molar-refractivity contribution in [3.63, 3.8) is 0 Å². The third kappa shape index (κ3) is 3.96. The van der Waals surface area contributed by atoms with Crippen LogP contribution in [-0.4, -0.2) is 20.7 Å². The van der Waals surface area contributed by atoms with Gasteiger partial charge in [-0.15, -0.1) is 0 Å². The minimum atomic E-state index is -3.09. The van der Waals surface area contributed by atoms with Crippen LogP contribution in [0.3, 0.4) is 0 Å². The molecule has 1 unspecified atom stereocenters. The number of sulfone groups is 1. The lowest BCUT2D eigenvalue weighted by Crippen LogP contribution is -2.13. The molecule has 0 amide bonds. The van der Waals surface area contributed by atoms with Gasteiger partial charge in [0.15, 0.2) is 9.84 Å². The van der Waals surface area contributed by atoms with Gasteiger partial charge in [-0.05, 0) is 55.4 Å². The van der Waals surface area contributed by atoms with Crippen LogP contribution in [0.1, 0.15) is 33.1 Å². The van der Waals surface area contributed by atoms with Crippen molar-refractivity contribution in [3.05, 3.63) is 24.3 Å². The van der Waals surface area contributed by atoms with Crippen LogP contribution in [0.25, 0.3) is 0 Å². The summed E-state index contributed by atoms with van der Waals surface area (Å²) >= 11 is 0. The van der Waals surface area contributed by atoms with Crippen molar-refractivity contribution in [1.29, 1.82) is 0 Å². The van der Waals surface area contributed by atoms with Crippen LogP contribution in [0.15, 0.2) is 29.2 Å². The van der Waals surface area contributed by atoms with Crippen molar-refractivity contribution in [2.75, 3.05) is 17.6 Å². The number of benzene rings is 1. The first-order valence-electron chi connectivity index (χ1n) is 7.09. The fourth-order valence-corrected chi connectivity index (χ4v) is 3.60. The molecule has 0 saturated heterocycles. The molecule has 1 aromatic rings. The Kier molecular flexibility index (Phi) is 4.50. The molecule has 0 bridgehead atoms. The molecule has 106 valence electrons. The zero-order chi connectivity index (χ0) is 13.9. The molecule has 1 fully saturated rings. The number of rotatable bonds is 7. The lowest BCUT2D eigenvalue weighted by atomic mass is 10.1. The van der Waals surface area contributed by atoms with E-state index in [1.54, 1.807) is 12.1 Å². The highest BCUT2D eigenvalue weighted by Crippen LogP contribution is 2.36. The molecule has 1 atom stereocenters. The Morgan fingerprint density at radius 3 is 2.42 bits per heavy atom. The van der Waals surface area contributed by atoms with Crippen LogP contribution < -0.4 is 5.32 Å². The highest BCUT2D eigenvalue weighted by atomic mass is 32.2. The summed E-state index contributed by atoms with van der Waals surface area (Å²) in [5.41, 5.74) is 1.00. The molecular formula is C15H23NO2S. The van der Waals surface area contributed by atoms with E-state index in [1.807, 2.05) is 19.1 Å². The van der Waals surface area contributed by atoms with Crippen LogP contribution in [0, 0.1) is 11.8 Å².